The van der Waals surface area contributed by atoms with E-state index in [4.69, 9.17) is 11.6 Å². The van der Waals surface area contributed by atoms with Gasteiger partial charge in [0.05, 0.1) is 17.1 Å². The molecule has 2 heterocycles. The standard InChI is InChI=1S/C20H21ClN4OS/c1-12-10-14(4-7-18(12)25-8-3-9-27-25)20(26)22-13(2)19-23-16-6-5-15(21)11-17(16)24-19/h4-7,10-11,13H,3,8-9H2,1-2H3,(H,22,26)(H,23,24)/t13-/m0/s1. The Kier molecular flexibility index (Phi) is 5.02. The van der Waals surface area contributed by atoms with Crippen LogP contribution in [0, 0.1) is 6.92 Å². The maximum absolute atomic E-state index is 12.7. The summed E-state index contributed by atoms with van der Waals surface area (Å²) in [4.78, 5) is 20.5. The van der Waals surface area contributed by atoms with Gasteiger partial charge in [0, 0.05) is 28.6 Å². The molecule has 0 radical (unpaired) electrons. The molecule has 0 saturated carbocycles. The Bertz CT molecular complexity index is 997. The SMILES string of the molecule is Cc1cc(C(=O)N[C@@H](C)c2nc3ccc(Cl)cc3[nH]2)ccc1N1CCCS1. The van der Waals surface area contributed by atoms with Crippen molar-refractivity contribution < 1.29 is 4.79 Å². The topological polar surface area (TPSA) is 61.0 Å². The number of H-pyrrole nitrogens is 1. The molecule has 2 N–H and O–H groups in total. The van der Waals surface area contributed by atoms with Gasteiger partial charge in [-0.25, -0.2) is 4.98 Å². The number of amides is 1. The number of nitrogens with zero attached hydrogens (tertiary/aromatic N) is 2. The number of imidazole rings is 1. The van der Waals surface area contributed by atoms with Crippen LogP contribution >= 0.6 is 23.5 Å². The summed E-state index contributed by atoms with van der Waals surface area (Å²) in [5, 5.41) is 3.67. The van der Waals surface area contributed by atoms with Gasteiger partial charge in [-0.05, 0) is 74.2 Å². The number of halogens is 1. The van der Waals surface area contributed by atoms with Crippen LogP contribution < -0.4 is 9.62 Å². The fourth-order valence-corrected chi connectivity index (χ4v) is 4.52. The van der Waals surface area contributed by atoms with Gasteiger partial charge in [0.2, 0.25) is 0 Å². The Hall–Kier alpha value is -2.18. The van der Waals surface area contributed by atoms with E-state index in [2.05, 4.69) is 26.5 Å². The monoisotopic (exact) mass is 400 g/mol. The highest BCUT2D eigenvalue weighted by Crippen LogP contribution is 2.31. The molecule has 1 amide bonds. The summed E-state index contributed by atoms with van der Waals surface area (Å²) in [5.41, 5.74) is 4.66. The van der Waals surface area contributed by atoms with Crippen LogP contribution in [0.25, 0.3) is 11.0 Å². The number of carbonyl (C=O) groups excluding carboxylic acids is 1. The average molecular weight is 401 g/mol. The summed E-state index contributed by atoms with van der Waals surface area (Å²) < 4.78 is 2.30. The highest BCUT2D eigenvalue weighted by Gasteiger charge is 2.18. The number of hydrogen-bond acceptors (Lipinski definition) is 4. The van der Waals surface area contributed by atoms with Gasteiger partial charge >= 0.3 is 0 Å². The normalized spacial score (nSPS) is 15.3. The third-order valence-corrected chi connectivity index (χ3v) is 6.10. The van der Waals surface area contributed by atoms with Crippen molar-refractivity contribution >= 4 is 46.2 Å². The first kappa shape index (κ1) is 18.2. The highest BCUT2D eigenvalue weighted by atomic mass is 35.5. The average Bonchev–Trinajstić information content (AvgIpc) is 3.30. The molecule has 1 aromatic heterocycles. The second-order valence-corrected chi connectivity index (χ2v) is 8.31. The van der Waals surface area contributed by atoms with E-state index in [1.165, 1.54) is 12.1 Å². The summed E-state index contributed by atoms with van der Waals surface area (Å²) in [6.07, 6.45) is 1.20. The van der Waals surface area contributed by atoms with E-state index in [0.717, 1.165) is 28.9 Å². The molecular formula is C20H21ClN4OS. The molecule has 0 bridgehead atoms. The zero-order chi connectivity index (χ0) is 19.0. The molecule has 7 heteroatoms. The molecule has 1 saturated heterocycles. The Morgan fingerprint density at radius 1 is 1.33 bits per heavy atom. The molecule has 140 valence electrons. The van der Waals surface area contributed by atoms with Gasteiger partial charge in [0.15, 0.2) is 0 Å². The third kappa shape index (κ3) is 3.77. The molecule has 0 spiro atoms. The van der Waals surface area contributed by atoms with Crippen LogP contribution in [-0.2, 0) is 0 Å². The van der Waals surface area contributed by atoms with Gasteiger partial charge in [0.25, 0.3) is 5.91 Å². The number of carbonyl (C=O) groups is 1. The maximum atomic E-state index is 12.7. The Balaban J connectivity index is 1.49. The van der Waals surface area contributed by atoms with Crippen LogP contribution in [0.15, 0.2) is 36.4 Å². The van der Waals surface area contributed by atoms with Crippen LogP contribution in [0.4, 0.5) is 5.69 Å². The number of rotatable bonds is 4. The minimum Gasteiger partial charge on any atom is -0.342 e. The number of anilines is 1. The first-order valence-electron chi connectivity index (χ1n) is 8.98. The Labute approximate surface area is 167 Å². The van der Waals surface area contributed by atoms with Crippen molar-refractivity contribution in [3.63, 3.8) is 0 Å². The van der Waals surface area contributed by atoms with Crippen LogP contribution in [0.3, 0.4) is 0 Å². The zero-order valence-corrected chi connectivity index (χ0v) is 16.8. The maximum Gasteiger partial charge on any atom is 0.251 e. The largest absolute Gasteiger partial charge is 0.342 e. The number of aromatic amines is 1. The van der Waals surface area contributed by atoms with Crippen molar-refractivity contribution in [2.75, 3.05) is 16.6 Å². The van der Waals surface area contributed by atoms with Gasteiger partial charge in [-0.3, -0.25) is 4.79 Å². The fraction of sp³-hybridized carbons (Fsp3) is 0.300. The van der Waals surface area contributed by atoms with Crippen LogP contribution in [-0.4, -0.2) is 28.2 Å². The minimum atomic E-state index is -0.238. The third-order valence-electron chi connectivity index (χ3n) is 4.70. The molecule has 1 aliphatic heterocycles. The molecule has 0 aliphatic carbocycles. The quantitative estimate of drug-likeness (QED) is 0.613. The van der Waals surface area contributed by atoms with Crippen molar-refractivity contribution in [3.05, 3.63) is 58.4 Å². The van der Waals surface area contributed by atoms with E-state index in [-0.39, 0.29) is 11.9 Å². The lowest BCUT2D eigenvalue weighted by molar-refractivity contribution is 0.0938. The molecule has 1 aliphatic rings. The van der Waals surface area contributed by atoms with E-state index in [9.17, 15) is 4.79 Å². The molecule has 0 unspecified atom stereocenters. The Morgan fingerprint density at radius 2 is 2.19 bits per heavy atom. The smallest absolute Gasteiger partial charge is 0.251 e. The van der Waals surface area contributed by atoms with Crippen molar-refractivity contribution in [1.82, 2.24) is 15.3 Å². The van der Waals surface area contributed by atoms with E-state index < -0.39 is 0 Å². The molecular weight excluding hydrogens is 380 g/mol. The van der Waals surface area contributed by atoms with Gasteiger partial charge < -0.3 is 14.6 Å². The summed E-state index contributed by atoms with van der Waals surface area (Å²) in [6, 6.07) is 11.1. The molecule has 1 fully saturated rings. The number of aryl methyl sites for hydroxylation is 1. The molecule has 5 nitrogen and oxygen atoms in total. The lowest BCUT2D eigenvalue weighted by Gasteiger charge is -2.19. The lowest BCUT2D eigenvalue weighted by atomic mass is 10.1. The molecule has 27 heavy (non-hydrogen) atoms. The Morgan fingerprint density at radius 3 is 2.93 bits per heavy atom. The van der Waals surface area contributed by atoms with Gasteiger partial charge in [-0.15, -0.1) is 0 Å². The van der Waals surface area contributed by atoms with Crippen molar-refractivity contribution in [2.45, 2.75) is 26.3 Å². The number of aromatic nitrogens is 2. The van der Waals surface area contributed by atoms with Crippen LogP contribution in [0.2, 0.25) is 5.02 Å². The number of benzene rings is 2. The number of fused-ring (bicyclic) bond motifs is 1. The predicted molar refractivity (Wildman–Crippen MR) is 113 cm³/mol. The van der Waals surface area contributed by atoms with Crippen LogP contribution in [0.5, 0.6) is 0 Å². The van der Waals surface area contributed by atoms with Crippen LogP contribution in [0.1, 0.15) is 41.1 Å². The number of nitrogens with one attached hydrogen (secondary N) is 2. The van der Waals surface area contributed by atoms with Crippen molar-refractivity contribution in [3.8, 4) is 0 Å². The summed E-state index contributed by atoms with van der Waals surface area (Å²) in [5.74, 6) is 1.76. The summed E-state index contributed by atoms with van der Waals surface area (Å²) in [7, 11) is 0. The van der Waals surface area contributed by atoms with E-state index in [1.807, 2.05) is 49.2 Å². The molecule has 4 rings (SSSR count). The molecule has 1 atom stereocenters. The summed E-state index contributed by atoms with van der Waals surface area (Å²) >= 11 is 7.87. The second kappa shape index (κ2) is 7.44. The van der Waals surface area contributed by atoms with Gasteiger partial charge in [0.1, 0.15) is 5.82 Å². The molecule has 2 aromatic carbocycles. The zero-order valence-electron chi connectivity index (χ0n) is 15.3. The fourth-order valence-electron chi connectivity index (χ4n) is 3.27. The van der Waals surface area contributed by atoms with E-state index in [1.54, 1.807) is 6.07 Å². The lowest BCUT2D eigenvalue weighted by Crippen LogP contribution is -2.27. The van der Waals surface area contributed by atoms with E-state index in [0.29, 0.717) is 16.4 Å². The highest BCUT2D eigenvalue weighted by molar-refractivity contribution is 8.00. The van der Waals surface area contributed by atoms with Crippen molar-refractivity contribution in [1.29, 1.82) is 0 Å². The first-order valence-corrected chi connectivity index (χ1v) is 10.3. The van der Waals surface area contributed by atoms with E-state index >= 15 is 0 Å². The number of hydrogen-bond donors (Lipinski definition) is 2. The van der Waals surface area contributed by atoms with Gasteiger partial charge in [-0.1, -0.05) is 11.6 Å². The second-order valence-electron chi connectivity index (χ2n) is 6.77. The summed E-state index contributed by atoms with van der Waals surface area (Å²) in [6.45, 7) is 5.03. The minimum absolute atomic E-state index is 0.107. The van der Waals surface area contributed by atoms with Crippen molar-refractivity contribution in [2.24, 2.45) is 0 Å². The molecule has 3 aromatic rings. The predicted octanol–water partition coefficient (Wildman–Crippen LogP) is 4.87. The first-order chi connectivity index (χ1) is 13.0. The van der Waals surface area contributed by atoms with Gasteiger partial charge in [-0.2, -0.15) is 0 Å².